The van der Waals surface area contributed by atoms with Crippen molar-refractivity contribution in [2.45, 2.75) is 44.1 Å². The molecular weight excluding hydrogens is 340 g/mol. The lowest BCUT2D eigenvalue weighted by molar-refractivity contribution is 0.176. The van der Waals surface area contributed by atoms with Crippen LogP contribution in [0.5, 0.6) is 0 Å². The second-order valence-corrected chi connectivity index (χ2v) is 7.24. The lowest BCUT2D eigenvalue weighted by atomic mass is 9.97. The summed E-state index contributed by atoms with van der Waals surface area (Å²) in [6.07, 6.45) is 4.04. The van der Waals surface area contributed by atoms with Crippen LogP contribution in [0.4, 0.5) is 4.79 Å². The van der Waals surface area contributed by atoms with Gasteiger partial charge in [-0.2, -0.15) is 0 Å². The number of carbonyl (C=O) groups is 1. The molecule has 1 saturated carbocycles. The molecule has 2 amide bonds. The summed E-state index contributed by atoms with van der Waals surface area (Å²) in [6.45, 7) is 1.92. The van der Waals surface area contributed by atoms with Crippen molar-refractivity contribution >= 4 is 17.6 Å². The van der Waals surface area contributed by atoms with Crippen LogP contribution in [0, 0.1) is 0 Å². The first-order valence-electron chi connectivity index (χ1n) is 8.79. The zero-order valence-corrected chi connectivity index (χ0v) is 14.7. The van der Waals surface area contributed by atoms with Crippen molar-refractivity contribution < 1.29 is 9.21 Å². The molecule has 1 aliphatic heterocycles. The fourth-order valence-corrected chi connectivity index (χ4v) is 3.25. The van der Waals surface area contributed by atoms with Crippen molar-refractivity contribution in [3.63, 3.8) is 0 Å². The van der Waals surface area contributed by atoms with Crippen LogP contribution in [-0.2, 0) is 6.54 Å². The maximum Gasteiger partial charge on any atom is 0.317 e. The number of nitrogens with zero attached hydrogens (tertiary/aromatic N) is 3. The number of amides is 2. The van der Waals surface area contributed by atoms with Crippen molar-refractivity contribution in [2.75, 3.05) is 13.1 Å². The molecule has 1 N–H and O–H groups in total. The average molecular weight is 361 g/mol. The molecule has 132 valence electrons. The van der Waals surface area contributed by atoms with E-state index in [2.05, 4.69) is 15.5 Å². The molecule has 6 nitrogen and oxygen atoms in total. The molecule has 0 spiro atoms. The molecule has 0 radical (unpaired) electrons. The van der Waals surface area contributed by atoms with Crippen molar-refractivity contribution in [3.05, 3.63) is 46.6 Å². The Hall–Kier alpha value is -2.08. The van der Waals surface area contributed by atoms with Crippen molar-refractivity contribution in [3.8, 4) is 0 Å². The number of benzene rings is 1. The molecule has 2 aliphatic rings. The Morgan fingerprint density at radius 2 is 1.68 bits per heavy atom. The number of aromatic nitrogens is 2. The first-order valence-corrected chi connectivity index (χ1v) is 9.17. The summed E-state index contributed by atoms with van der Waals surface area (Å²) in [4.78, 5) is 14.2. The summed E-state index contributed by atoms with van der Waals surface area (Å²) in [5.41, 5.74) is 1.03. The predicted octanol–water partition coefficient (Wildman–Crippen LogP) is 3.69. The van der Waals surface area contributed by atoms with Gasteiger partial charge in [0.1, 0.15) is 0 Å². The summed E-state index contributed by atoms with van der Waals surface area (Å²) in [7, 11) is 0. The van der Waals surface area contributed by atoms with Gasteiger partial charge in [0.25, 0.3) is 0 Å². The van der Waals surface area contributed by atoms with Gasteiger partial charge in [-0.15, -0.1) is 10.2 Å². The van der Waals surface area contributed by atoms with E-state index < -0.39 is 0 Å². The summed E-state index contributed by atoms with van der Waals surface area (Å²) < 4.78 is 5.81. The van der Waals surface area contributed by atoms with Gasteiger partial charge in [0.05, 0.1) is 0 Å². The van der Waals surface area contributed by atoms with Crippen LogP contribution in [-0.4, -0.2) is 34.2 Å². The molecule has 2 fully saturated rings. The lowest BCUT2D eigenvalue weighted by Gasteiger charge is -2.30. The third-order valence-electron chi connectivity index (χ3n) is 4.87. The van der Waals surface area contributed by atoms with Gasteiger partial charge >= 0.3 is 6.03 Å². The molecule has 2 aromatic rings. The van der Waals surface area contributed by atoms with E-state index >= 15 is 0 Å². The highest BCUT2D eigenvalue weighted by molar-refractivity contribution is 6.30. The number of likely N-dealkylation sites (tertiary alicyclic amines) is 1. The van der Waals surface area contributed by atoms with Gasteiger partial charge in [-0.05, 0) is 43.4 Å². The highest BCUT2D eigenvalue weighted by Crippen LogP contribution is 2.40. The van der Waals surface area contributed by atoms with Gasteiger partial charge in [0.2, 0.25) is 11.8 Å². The van der Waals surface area contributed by atoms with E-state index in [1.165, 1.54) is 0 Å². The van der Waals surface area contributed by atoms with Crippen LogP contribution in [0.15, 0.2) is 28.7 Å². The largest absolute Gasteiger partial charge is 0.425 e. The monoisotopic (exact) mass is 360 g/mol. The van der Waals surface area contributed by atoms with Gasteiger partial charge in [0.15, 0.2) is 0 Å². The second-order valence-electron chi connectivity index (χ2n) is 6.80. The van der Waals surface area contributed by atoms with Gasteiger partial charge in [-0.1, -0.05) is 23.7 Å². The number of piperidine rings is 1. The van der Waals surface area contributed by atoms with E-state index in [1.807, 2.05) is 29.2 Å². The topological polar surface area (TPSA) is 71.3 Å². The van der Waals surface area contributed by atoms with E-state index in [9.17, 15) is 4.79 Å². The number of urea groups is 1. The number of hydrogen-bond donors (Lipinski definition) is 1. The minimum absolute atomic E-state index is 0.0300. The van der Waals surface area contributed by atoms with Crippen LogP contribution >= 0.6 is 11.6 Å². The Morgan fingerprint density at radius 3 is 2.28 bits per heavy atom. The summed E-state index contributed by atoms with van der Waals surface area (Å²) >= 11 is 5.87. The summed E-state index contributed by atoms with van der Waals surface area (Å²) in [5, 5.41) is 12.0. The van der Waals surface area contributed by atoms with E-state index in [0.717, 1.165) is 43.0 Å². The normalized spacial score (nSPS) is 18.4. The standard InChI is InChI=1S/C18H21ClN4O2/c19-15-5-1-12(2-6-15)11-20-18(24)23-9-7-14(8-10-23)17-22-21-16(25-17)13-3-4-13/h1-2,5-6,13-14H,3-4,7-11H2,(H,20,24). The first-order chi connectivity index (χ1) is 12.2. The van der Waals surface area contributed by atoms with E-state index in [4.69, 9.17) is 16.0 Å². The van der Waals surface area contributed by atoms with Gasteiger partial charge in [0, 0.05) is 36.5 Å². The number of halogens is 1. The number of nitrogens with one attached hydrogen (secondary N) is 1. The van der Waals surface area contributed by atoms with Crippen LogP contribution in [0.1, 0.15) is 54.9 Å². The Kier molecular flexibility index (Phi) is 4.61. The van der Waals surface area contributed by atoms with Crippen LogP contribution in [0.25, 0.3) is 0 Å². The first kappa shape index (κ1) is 16.4. The maximum atomic E-state index is 12.3. The van der Waals surface area contributed by atoms with Gasteiger partial charge in [-0.25, -0.2) is 4.79 Å². The number of rotatable bonds is 4. The molecule has 1 aromatic carbocycles. The highest BCUT2D eigenvalue weighted by atomic mass is 35.5. The van der Waals surface area contributed by atoms with Crippen LogP contribution in [0.2, 0.25) is 5.02 Å². The van der Waals surface area contributed by atoms with E-state index in [-0.39, 0.29) is 11.9 Å². The highest BCUT2D eigenvalue weighted by Gasteiger charge is 2.32. The number of carbonyl (C=O) groups excluding carboxylic acids is 1. The van der Waals surface area contributed by atoms with Crippen molar-refractivity contribution in [1.29, 1.82) is 0 Å². The Balaban J connectivity index is 1.25. The zero-order valence-electron chi connectivity index (χ0n) is 13.9. The minimum Gasteiger partial charge on any atom is -0.425 e. The Morgan fingerprint density at radius 1 is 1.08 bits per heavy atom. The van der Waals surface area contributed by atoms with Crippen LogP contribution in [0.3, 0.4) is 0 Å². The molecule has 25 heavy (non-hydrogen) atoms. The SMILES string of the molecule is O=C(NCc1ccc(Cl)cc1)N1CCC(c2nnc(C3CC3)o2)CC1. The molecule has 7 heteroatoms. The molecule has 0 atom stereocenters. The predicted molar refractivity (Wildman–Crippen MR) is 93.5 cm³/mol. The summed E-state index contributed by atoms with van der Waals surface area (Å²) in [6, 6.07) is 7.46. The van der Waals surface area contributed by atoms with E-state index in [1.54, 1.807) is 0 Å². The third-order valence-corrected chi connectivity index (χ3v) is 5.12. The zero-order chi connectivity index (χ0) is 17.2. The fourth-order valence-electron chi connectivity index (χ4n) is 3.13. The molecular formula is C18H21ClN4O2. The smallest absolute Gasteiger partial charge is 0.317 e. The summed E-state index contributed by atoms with van der Waals surface area (Å²) in [5.74, 6) is 2.28. The third kappa shape index (κ3) is 3.95. The molecule has 0 bridgehead atoms. The Labute approximate surface area is 151 Å². The van der Waals surface area contributed by atoms with Crippen molar-refractivity contribution in [2.24, 2.45) is 0 Å². The van der Waals surface area contributed by atoms with Crippen LogP contribution < -0.4 is 5.32 Å². The average Bonchev–Trinajstić information content (AvgIpc) is 3.38. The molecule has 1 aliphatic carbocycles. The molecule has 1 aromatic heterocycles. The maximum absolute atomic E-state index is 12.3. The molecule has 4 rings (SSSR count). The molecule has 1 saturated heterocycles. The lowest BCUT2D eigenvalue weighted by Crippen LogP contribution is -2.43. The Bertz CT molecular complexity index is 734. The van der Waals surface area contributed by atoms with Gasteiger partial charge in [-0.3, -0.25) is 0 Å². The van der Waals surface area contributed by atoms with E-state index in [0.29, 0.717) is 30.6 Å². The number of hydrogen-bond acceptors (Lipinski definition) is 4. The van der Waals surface area contributed by atoms with Gasteiger partial charge < -0.3 is 14.6 Å². The quantitative estimate of drug-likeness (QED) is 0.902. The van der Waals surface area contributed by atoms with Crippen molar-refractivity contribution in [1.82, 2.24) is 20.4 Å². The second kappa shape index (κ2) is 7.04. The fraction of sp³-hybridized carbons (Fsp3) is 0.500. The molecule has 2 heterocycles. The molecule has 0 unspecified atom stereocenters. The minimum atomic E-state index is -0.0300.